The largest absolute Gasteiger partial charge is 0.471 e. The number of aromatic nitrogens is 2. The molecular formula is C14H12BrF5N2O. The van der Waals surface area contributed by atoms with Gasteiger partial charge in [0.15, 0.2) is 12.3 Å². The molecular weight excluding hydrogens is 387 g/mol. The smallest absolute Gasteiger partial charge is 0.435 e. The Morgan fingerprint density at radius 2 is 1.83 bits per heavy atom. The molecule has 2 aromatic rings. The Labute approximate surface area is 137 Å². The molecule has 0 radical (unpaired) electrons. The van der Waals surface area contributed by atoms with Gasteiger partial charge in [0.2, 0.25) is 5.88 Å². The lowest BCUT2D eigenvalue weighted by molar-refractivity contribution is -0.141. The van der Waals surface area contributed by atoms with E-state index in [1.54, 1.807) is 12.1 Å². The predicted molar refractivity (Wildman–Crippen MR) is 77.4 cm³/mol. The number of benzene rings is 1. The molecule has 0 saturated carbocycles. The van der Waals surface area contributed by atoms with Crippen LogP contribution in [0.15, 0.2) is 30.3 Å². The summed E-state index contributed by atoms with van der Waals surface area (Å²) in [6, 6.07) is 7.07. The van der Waals surface area contributed by atoms with Crippen LogP contribution in [0.4, 0.5) is 22.0 Å². The summed E-state index contributed by atoms with van der Waals surface area (Å²) >= 11 is 3.37. The molecule has 126 valence electrons. The maximum atomic E-state index is 12.8. The van der Waals surface area contributed by atoms with Crippen LogP contribution < -0.4 is 4.74 Å². The van der Waals surface area contributed by atoms with E-state index in [4.69, 9.17) is 4.74 Å². The summed E-state index contributed by atoms with van der Waals surface area (Å²) in [4.78, 5) is 0.0643. The van der Waals surface area contributed by atoms with Gasteiger partial charge in [-0.1, -0.05) is 28.1 Å². The Morgan fingerprint density at radius 3 is 2.30 bits per heavy atom. The molecule has 0 N–H and O–H groups in total. The van der Waals surface area contributed by atoms with Crippen LogP contribution in [-0.4, -0.2) is 22.8 Å². The average Bonchev–Trinajstić information content (AvgIpc) is 2.89. The first-order valence-corrected chi connectivity index (χ1v) is 7.42. The first-order chi connectivity index (χ1) is 10.7. The van der Waals surface area contributed by atoms with Crippen LogP contribution in [0.25, 0.3) is 5.69 Å². The minimum absolute atomic E-state index is 0.0643. The number of ether oxygens (including phenoxy) is 1. The Morgan fingerprint density at radius 1 is 1.22 bits per heavy atom. The normalized spacial score (nSPS) is 13.4. The zero-order valence-electron chi connectivity index (χ0n) is 11.8. The van der Waals surface area contributed by atoms with Crippen LogP contribution in [-0.2, 0) is 6.18 Å². The Bertz CT molecular complexity index is 652. The van der Waals surface area contributed by atoms with Gasteiger partial charge in [-0.3, -0.25) is 0 Å². The predicted octanol–water partition coefficient (Wildman–Crippen LogP) is 4.99. The van der Waals surface area contributed by atoms with Crippen molar-refractivity contribution >= 4 is 15.9 Å². The van der Waals surface area contributed by atoms with Crippen molar-refractivity contribution in [3.63, 3.8) is 0 Å². The first kappa shape index (κ1) is 17.7. The SMILES string of the molecule is CC(Br)c1ccc(-n2nc(C(F)(F)F)cc2OCC(F)F)cc1. The van der Waals surface area contributed by atoms with Crippen LogP contribution in [0, 0.1) is 0 Å². The van der Waals surface area contributed by atoms with Crippen LogP contribution in [0.1, 0.15) is 23.0 Å². The van der Waals surface area contributed by atoms with Crippen LogP contribution in [0.5, 0.6) is 5.88 Å². The van der Waals surface area contributed by atoms with Gasteiger partial charge in [0.25, 0.3) is 6.43 Å². The van der Waals surface area contributed by atoms with Gasteiger partial charge in [-0.05, 0) is 24.6 Å². The summed E-state index contributed by atoms with van der Waals surface area (Å²) in [5.41, 5.74) is -0.0200. The average molecular weight is 399 g/mol. The van der Waals surface area contributed by atoms with Gasteiger partial charge < -0.3 is 4.74 Å². The summed E-state index contributed by atoms with van der Waals surface area (Å²) in [5.74, 6) is -0.391. The molecule has 2 rings (SSSR count). The fourth-order valence-electron chi connectivity index (χ4n) is 1.82. The molecule has 0 aliphatic rings. The van der Waals surface area contributed by atoms with Gasteiger partial charge in [0.05, 0.1) is 5.69 Å². The van der Waals surface area contributed by atoms with Gasteiger partial charge in [0, 0.05) is 10.9 Å². The quantitative estimate of drug-likeness (QED) is 0.523. The summed E-state index contributed by atoms with van der Waals surface area (Å²) in [6.45, 7) is 0.876. The zero-order valence-corrected chi connectivity index (χ0v) is 13.4. The lowest BCUT2D eigenvalue weighted by Gasteiger charge is -2.10. The van der Waals surface area contributed by atoms with E-state index in [0.29, 0.717) is 6.07 Å². The summed E-state index contributed by atoms with van der Waals surface area (Å²) < 4.78 is 68.5. The van der Waals surface area contributed by atoms with Gasteiger partial charge in [-0.25, -0.2) is 13.5 Å². The Balaban J connectivity index is 2.40. The van der Waals surface area contributed by atoms with E-state index in [0.717, 1.165) is 10.2 Å². The van der Waals surface area contributed by atoms with E-state index in [1.165, 1.54) is 12.1 Å². The molecule has 3 nitrogen and oxygen atoms in total. The minimum Gasteiger partial charge on any atom is -0.471 e. The molecule has 9 heteroatoms. The standard InChI is InChI=1S/C14H12BrF5N2O/c1-8(15)9-2-4-10(5-3-9)22-13(23-7-12(16)17)6-11(21-22)14(18,19)20/h2-6,8,12H,7H2,1H3. The second-order valence-electron chi connectivity index (χ2n) is 4.69. The fraction of sp³-hybridized carbons (Fsp3) is 0.357. The number of hydrogen-bond donors (Lipinski definition) is 0. The summed E-state index contributed by atoms with van der Waals surface area (Å²) in [6.07, 6.45) is -7.50. The van der Waals surface area contributed by atoms with E-state index in [2.05, 4.69) is 21.0 Å². The molecule has 0 aliphatic heterocycles. The highest BCUT2D eigenvalue weighted by atomic mass is 79.9. The van der Waals surface area contributed by atoms with Gasteiger partial charge >= 0.3 is 6.18 Å². The van der Waals surface area contributed by atoms with Crippen molar-refractivity contribution in [2.24, 2.45) is 0 Å². The molecule has 0 bridgehead atoms. The topological polar surface area (TPSA) is 27.1 Å². The van der Waals surface area contributed by atoms with E-state index in [9.17, 15) is 22.0 Å². The van der Waals surface area contributed by atoms with E-state index in [1.807, 2.05) is 6.92 Å². The number of hydrogen-bond acceptors (Lipinski definition) is 2. The second kappa shape index (κ2) is 6.86. The molecule has 1 aromatic heterocycles. The molecule has 1 heterocycles. The number of rotatable bonds is 5. The van der Waals surface area contributed by atoms with Crippen molar-refractivity contribution < 1.29 is 26.7 Å². The minimum atomic E-state index is -4.70. The zero-order chi connectivity index (χ0) is 17.2. The molecule has 1 atom stereocenters. The van der Waals surface area contributed by atoms with Crippen LogP contribution in [0.3, 0.4) is 0 Å². The first-order valence-electron chi connectivity index (χ1n) is 6.51. The lowest BCUT2D eigenvalue weighted by Crippen LogP contribution is -2.10. The summed E-state index contributed by atoms with van der Waals surface area (Å²) in [7, 11) is 0. The highest BCUT2D eigenvalue weighted by molar-refractivity contribution is 9.09. The maximum Gasteiger partial charge on any atom is 0.435 e. The van der Waals surface area contributed by atoms with E-state index >= 15 is 0 Å². The van der Waals surface area contributed by atoms with Crippen molar-refractivity contribution in [3.8, 4) is 11.6 Å². The van der Waals surface area contributed by atoms with E-state index < -0.39 is 30.8 Å². The lowest BCUT2D eigenvalue weighted by atomic mass is 10.1. The Kier molecular flexibility index (Phi) is 5.28. The third-order valence-corrected chi connectivity index (χ3v) is 3.45. The molecule has 0 fully saturated rings. The third kappa shape index (κ3) is 4.43. The highest BCUT2D eigenvalue weighted by Gasteiger charge is 2.35. The van der Waals surface area contributed by atoms with Crippen molar-refractivity contribution in [3.05, 3.63) is 41.6 Å². The highest BCUT2D eigenvalue weighted by Crippen LogP contribution is 2.32. The number of nitrogens with zero attached hydrogens (tertiary/aromatic N) is 2. The molecule has 1 unspecified atom stereocenters. The number of halogens is 6. The van der Waals surface area contributed by atoms with Gasteiger partial charge in [0.1, 0.15) is 0 Å². The molecule has 0 amide bonds. The number of alkyl halides is 6. The molecule has 23 heavy (non-hydrogen) atoms. The van der Waals surface area contributed by atoms with Crippen LogP contribution >= 0.6 is 15.9 Å². The monoisotopic (exact) mass is 398 g/mol. The van der Waals surface area contributed by atoms with Crippen molar-refractivity contribution in [2.45, 2.75) is 24.4 Å². The molecule has 1 aromatic carbocycles. The van der Waals surface area contributed by atoms with Crippen LogP contribution in [0.2, 0.25) is 0 Å². The fourth-order valence-corrected chi connectivity index (χ4v) is 2.12. The molecule has 0 saturated heterocycles. The molecule has 0 aliphatic carbocycles. The third-order valence-electron chi connectivity index (χ3n) is 2.92. The Hall–Kier alpha value is -1.64. The van der Waals surface area contributed by atoms with Gasteiger partial charge in [-0.15, -0.1) is 0 Å². The van der Waals surface area contributed by atoms with Crippen molar-refractivity contribution in [1.29, 1.82) is 0 Å². The molecule has 0 spiro atoms. The second-order valence-corrected chi connectivity index (χ2v) is 6.06. The van der Waals surface area contributed by atoms with Crippen molar-refractivity contribution in [2.75, 3.05) is 6.61 Å². The van der Waals surface area contributed by atoms with E-state index in [-0.39, 0.29) is 10.5 Å². The summed E-state index contributed by atoms with van der Waals surface area (Å²) in [5, 5.41) is 3.41. The van der Waals surface area contributed by atoms with Crippen molar-refractivity contribution in [1.82, 2.24) is 9.78 Å². The van der Waals surface area contributed by atoms with Gasteiger partial charge in [-0.2, -0.15) is 18.3 Å². The maximum absolute atomic E-state index is 12.8.